The Morgan fingerprint density at radius 2 is 2.05 bits per heavy atom. The van der Waals surface area contributed by atoms with Gasteiger partial charge in [-0.05, 0) is 31.0 Å². The molecule has 0 aromatic heterocycles. The number of hydrogen-bond donors (Lipinski definition) is 1. The van der Waals surface area contributed by atoms with E-state index in [-0.39, 0.29) is 0 Å². The normalized spacial score (nSPS) is 12.4. The topological polar surface area (TPSA) is 21.3 Å². The molecule has 19 heavy (non-hydrogen) atoms. The maximum Gasteiger partial charge on any atom is 0.137 e. The number of halogens is 1. The van der Waals surface area contributed by atoms with E-state index in [9.17, 15) is 0 Å². The second-order valence-corrected chi connectivity index (χ2v) is 5.51. The maximum absolute atomic E-state index is 6.11. The molecule has 0 spiro atoms. The van der Waals surface area contributed by atoms with E-state index in [0.29, 0.717) is 11.1 Å². The van der Waals surface area contributed by atoms with Gasteiger partial charge in [0.25, 0.3) is 0 Å². The van der Waals surface area contributed by atoms with E-state index >= 15 is 0 Å². The van der Waals surface area contributed by atoms with Crippen LogP contribution in [-0.2, 0) is 6.54 Å². The molecule has 2 nitrogen and oxygen atoms in total. The quantitative estimate of drug-likeness (QED) is 0.658. The third-order valence-electron chi connectivity index (χ3n) is 3.36. The summed E-state index contributed by atoms with van der Waals surface area (Å²) in [5, 5.41) is 4.22. The second-order valence-electron chi connectivity index (χ2n) is 5.10. The van der Waals surface area contributed by atoms with Gasteiger partial charge < -0.3 is 10.1 Å². The van der Waals surface area contributed by atoms with Gasteiger partial charge >= 0.3 is 0 Å². The molecule has 1 N–H and O–H groups in total. The lowest BCUT2D eigenvalue weighted by Gasteiger charge is -2.14. The number of methoxy groups -OCH3 is 1. The molecule has 0 amide bonds. The van der Waals surface area contributed by atoms with Crippen LogP contribution in [0.25, 0.3) is 0 Å². The molecule has 0 saturated carbocycles. The molecule has 0 aliphatic heterocycles. The fourth-order valence-electron chi connectivity index (χ4n) is 2.09. The Bertz CT molecular complexity index is 368. The average Bonchev–Trinajstić information content (AvgIpc) is 2.41. The van der Waals surface area contributed by atoms with Crippen molar-refractivity contribution in [2.75, 3.05) is 7.11 Å². The summed E-state index contributed by atoms with van der Waals surface area (Å²) >= 11 is 6.11. The molecular weight excluding hydrogens is 258 g/mol. The largest absolute Gasteiger partial charge is 0.495 e. The third kappa shape index (κ3) is 6.31. The van der Waals surface area contributed by atoms with Gasteiger partial charge in [-0.2, -0.15) is 0 Å². The minimum atomic E-state index is 0.553. The lowest BCUT2D eigenvalue weighted by Crippen LogP contribution is -2.25. The molecule has 0 saturated heterocycles. The lowest BCUT2D eigenvalue weighted by molar-refractivity contribution is 0.414. The van der Waals surface area contributed by atoms with E-state index < -0.39 is 0 Å². The van der Waals surface area contributed by atoms with Crippen molar-refractivity contribution in [3.05, 3.63) is 28.8 Å². The number of benzene rings is 1. The van der Waals surface area contributed by atoms with Crippen LogP contribution in [0, 0.1) is 0 Å². The van der Waals surface area contributed by atoms with Gasteiger partial charge in [0.1, 0.15) is 5.75 Å². The van der Waals surface area contributed by atoms with Crippen molar-refractivity contribution in [1.29, 1.82) is 0 Å². The number of unbranched alkanes of at least 4 members (excludes halogenated alkanes) is 3. The fourth-order valence-corrected chi connectivity index (χ4v) is 2.37. The molecule has 0 aliphatic carbocycles. The number of hydrogen-bond acceptors (Lipinski definition) is 2. The molecule has 0 radical (unpaired) electrons. The van der Waals surface area contributed by atoms with Crippen molar-refractivity contribution < 1.29 is 4.74 Å². The smallest absolute Gasteiger partial charge is 0.137 e. The highest BCUT2D eigenvalue weighted by atomic mass is 35.5. The third-order valence-corrected chi connectivity index (χ3v) is 3.66. The Kier molecular flexibility index (Phi) is 7.92. The van der Waals surface area contributed by atoms with Crippen LogP contribution in [-0.4, -0.2) is 13.2 Å². The highest BCUT2D eigenvalue weighted by molar-refractivity contribution is 6.32. The molecule has 1 aromatic carbocycles. The maximum atomic E-state index is 6.11. The summed E-state index contributed by atoms with van der Waals surface area (Å²) in [6.45, 7) is 5.35. The SMILES string of the molecule is CCCCCCC(C)NCc1ccc(OC)c(Cl)c1. The van der Waals surface area contributed by atoms with Crippen molar-refractivity contribution in [3.8, 4) is 5.75 Å². The Morgan fingerprint density at radius 3 is 2.68 bits per heavy atom. The molecule has 0 fully saturated rings. The van der Waals surface area contributed by atoms with Crippen LogP contribution in [0.5, 0.6) is 5.75 Å². The van der Waals surface area contributed by atoms with Crippen molar-refractivity contribution in [2.24, 2.45) is 0 Å². The molecule has 1 unspecified atom stereocenters. The summed E-state index contributed by atoms with van der Waals surface area (Å²) in [7, 11) is 1.64. The van der Waals surface area contributed by atoms with E-state index in [1.807, 2.05) is 12.1 Å². The van der Waals surface area contributed by atoms with Gasteiger partial charge in [0, 0.05) is 12.6 Å². The summed E-state index contributed by atoms with van der Waals surface area (Å²) in [5.41, 5.74) is 1.20. The Morgan fingerprint density at radius 1 is 1.26 bits per heavy atom. The second kappa shape index (κ2) is 9.22. The summed E-state index contributed by atoms with van der Waals surface area (Å²) in [4.78, 5) is 0. The molecule has 3 heteroatoms. The van der Waals surface area contributed by atoms with E-state index in [1.54, 1.807) is 7.11 Å². The van der Waals surface area contributed by atoms with Crippen molar-refractivity contribution in [1.82, 2.24) is 5.32 Å². The number of ether oxygens (including phenoxy) is 1. The van der Waals surface area contributed by atoms with Crippen LogP contribution >= 0.6 is 11.6 Å². The minimum Gasteiger partial charge on any atom is -0.495 e. The van der Waals surface area contributed by atoms with Crippen LogP contribution in [0.2, 0.25) is 5.02 Å². The van der Waals surface area contributed by atoms with Gasteiger partial charge in [-0.15, -0.1) is 0 Å². The first kappa shape index (κ1) is 16.3. The zero-order valence-corrected chi connectivity index (χ0v) is 13.1. The molecule has 108 valence electrons. The van der Waals surface area contributed by atoms with E-state index in [4.69, 9.17) is 16.3 Å². The Hall–Kier alpha value is -0.730. The zero-order valence-electron chi connectivity index (χ0n) is 12.3. The van der Waals surface area contributed by atoms with Crippen LogP contribution in [0.15, 0.2) is 18.2 Å². The first-order valence-corrected chi connectivity index (χ1v) is 7.61. The van der Waals surface area contributed by atoms with Crippen LogP contribution < -0.4 is 10.1 Å². The molecule has 0 heterocycles. The average molecular weight is 284 g/mol. The van der Waals surface area contributed by atoms with E-state index in [2.05, 4.69) is 25.2 Å². The first-order valence-electron chi connectivity index (χ1n) is 7.23. The highest BCUT2D eigenvalue weighted by Gasteiger charge is 2.04. The predicted octanol–water partition coefficient (Wildman–Crippen LogP) is 4.80. The standard InChI is InChI=1S/C16H26ClNO/c1-4-5-6-7-8-13(2)18-12-14-9-10-16(19-3)15(17)11-14/h9-11,13,18H,4-8,12H2,1-3H3. The van der Waals surface area contributed by atoms with E-state index in [1.165, 1.54) is 37.7 Å². The molecule has 1 rings (SSSR count). The van der Waals surface area contributed by atoms with Crippen molar-refractivity contribution in [2.45, 2.75) is 58.5 Å². The number of nitrogens with one attached hydrogen (secondary N) is 1. The molecule has 1 aromatic rings. The van der Waals surface area contributed by atoms with E-state index in [0.717, 1.165) is 12.3 Å². The van der Waals surface area contributed by atoms with Gasteiger partial charge in [0.15, 0.2) is 0 Å². The Balaban J connectivity index is 2.29. The molecule has 0 aliphatic rings. The van der Waals surface area contributed by atoms with Crippen LogP contribution in [0.4, 0.5) is 0 Å². The monoisotopic (exact) mass is 283 g/mol. The fraction of sp³-hybridized carbons (Fsp3) is 0.625. The Labute approximate surface area is 122 Å². The summed E-state index contributed by atoms with van der Waals surface area (Å²) in [6.07, 6.45) is 6.54. The summed E-state index contributed by atoms with van der Waals surface area (Å²) in [5.74, 6) is 0.734. The highest BCUT2D eigenvalue weighted by Crippen LogP contribution is 2.24. The molecule has 0 bridgehead atoms. The number of rotatable bonds is 9. The minimum absolute atomic E-state index is 0.553. The van der Waals surface area contributed by atoms with Crippen molar-refractivity contribution >= 4 is 11.6 Å². The van der Waals surface area contributed by atoms with Crippen LogP contribution in [0.1, 0.15) is 51.5 Å². The predicted molar refractivity (Wildman–Crippen MR) is 83.1 cm³/mol. The van der Waals surface area contributed by atoms with Crippen LogP contribution in [0.3, 0.4) is 0 Å². The summed E-state index contributed by atoms with van der Waals surface area (Å²) in [6, 6.07) is 6.50. The van der Waals surface area contributed by atoms with Crippen molar-refractivity contribution in [3.63, 3.8) is 0 Å². The molecular formula is C16H26ClNO. The van der Waals surface area contributed by atoms with Gasteiger partial charge in [0.05, 0.1) is 12.1 Å². The summed E-state index contributed by atoms with van der Waals surface area (Å²) < 4.78 is 5.15. The van der Waals surface area contributed by atoms with Gasteiger partial charge in [-0.3, -0.25) is 0 Å². The first-order chi connectivity index (χ1) is 9.17. The van der Waals surface area contributed by atoms with Gasteiger partial charge in [-0.1, -0.05) is 50.3 Å². The zero-order chi connectivity index (χ0) is 14.1. The van der Waals surface area contributed by atoms with Gasteiger partial charge in [0.2, 0.25) is 0 Å². The van der Waals surface area contributed by atoms with Gasteiger partial charge in [-0.25, -0.2) is 0 Å². The molecule has 1 atom stereocenters. The lowest BCUT2D eigenvalue weighted by atomic mass is 10.1.